The molecule has 0 aliphatic carbocycles. The van der Waals surface area contributed by atoms with Gasteiger partial charge >= 0.3 is 5.69 Å². The molecule has 3 aromatic rings. The van der Waals surface area contributed by atoms with Gasteiger partial charge in [0.05, 0.1) is 16.2 Å². The van der Waals surface area contributed by atoms with E-state index in [9.17, 15) is 19.3 Å². The molecule has 3 rings (SSSR count). The van der Waals surface area contributed by atoms with Gasteiger partial charge in [-0.15, -0.1) is 0 Å². The van der Waals surface area contributed by atoms with Crippen molar-refractivity contribution in [1.29, 1.82) is 0 Å². The van der Waals surface area contributed by atoms with Gasteiger partial charge < -0.3 is 9.15 Å². The Bertz CT molecular complexity index is 1070. The number of furan rings is 1. The third-order valence-electron chi connectivity index (χ3n) is 3.85. The highest BCUT2D eigenvalue weighted by Gasteiger charge is 2.16. The Morgan fingerprint density at radius 1 is 1.39 bits per heavy atom. The minimum absolute atomic E-state index is 0.131. The number of nitro benzene ring substituents is 1. The van der Waals surface area contributed by atoms with E-state index in [1.165, 1.54) is 12.2 Å². The largest absolute Gasteiger partial charge is 0.479 e. The second-order valence-corrected chi connectivity index (χ2v) is 5.96. The van der Waals surface area contributed by atoms with E-state index in [1.807, 2.05) is 0 Å². The maximum atomic E-state index is 13.3. The van der Waals surface area contributed by atoms with E-state index < -0.39 is 10.7 Å². The van der Waals surface area contributed by atoms with Crippen LogP contribution in [0.1, 0.15) is 27.6 Å². The van der Waals surface area contributed by atoms with Gasteiger partial charge in [-0.1, -0.05) is 0 Å². The zero-order valence-corrected chi connectivity index (χ0v) is 15.1. The molecule has 28 heavy (non-hydrogen) atoms. The first-order valence-electron chi connectivity index (χ1n) is 8.21. The molecule has 2 aromatic heterocycles. The summed E-state index contributed by atoms with van der Waals surface area (Å²) >= 11 is 0. The number of halogens is 1. The van der Waals surface area contributed by atoms with Gasteiger partial charge in [-0.25, -0.2) is 4.39 Å². The summed E-state index contributed by atoms with van der Waals surface area (Å²) in [5.74, 6) is -0.283. The van der Waals surface area contributed by atoms with Crippen LogP contribution in [0.5, 0.6) is 5.75 Å². The van der Waals surface area contributed by atoms with Crippen molar-refractivity contribution in [2.45, 2.75) is 13.5 Å². The molecule has 0 unspecified atom stereocenters. The topological polar surface area (TPSA) is 100 Å². The van der Waals surface area contributed by atoms with E-state index in [0.29, 0.717) is 22.8 Å². The van der Waals surface area contributed by atoms with Crippen LogP contribution in [0.15, 0.2) is 47.0 Å². The van der Waals surface area contributed by atoms with Gasteiger partial charge in [0.1, 0.15) is 23.9 Å². The zero-order valence-electron chi connectivity index (χ0n) is 15.1. The van der Waals surface area contributed by atoms with Gasteiger partial charge in [0, 0.05) is 25.4 Å². The molecule has 0 aliphatic heterocycles. The van der Waals surface area contributed by atoms with Crippen LogP contribution in [0.25, 0.3) is 6.08 Å². The Kier molecular flexibility index (Phi) is 5.35. The summed E-state index contributed by atoms with van der Waals surface area (Å²) in [6, 6.07) is 6.19. The molecule has 1 aromatic carbocycles. The maximum Gasteiger partial charge on any atom is 0.311 e. The average Bonchev–Trinajstić information content (AvgIpc) is 3.23. The van der Waals surface area contributed by atoms with Crippen molar-refractivity contribution in [2.75, 3.05) is 0 Å². The predicted molar refractivity (Wildman–Crippen MR) is 97.4 cm³/mol. The zero-order chi connectivity index (χ0) is 20.3. The van der Waals surface area contributed by atoms with Crippen molar-refractivity contribution in [2.24, 2.45) is 7.05 Å². The van der Waals surface area contributed by atoms with Crippen LogP contribution in [-0.4, -0.2) is 20.5 Å². The molecule has 0 atom stereocenters. The quantitative estimate of drug-likeness (QED) is 0.265. The van der Waals surface area contributed by atoms with Gasteiger partial charge in [-0.05, 0) is 37.3 Å². The van der Waals surface area contributed by atoms with E-state index in [2.05, 4.69) is 5.10 Å². The molecule has 0 saturated heterocycles. The summed E-state index contributed by atoms with van der Waals surface area (Å²) in [5, 5.41) is 15.1. The number of ketones is 1. The lowest BCUT2D eigenvalue weighted by Crippen LogP contribution is -1.99. The highest BCUT2D eigenvalue weighted by atomic mass is 19.1. The van der Waals surface area contributed by atoms with Crippen LogP contribution in [0.2, 0.25) is 0 Å². The maximum absolute atomic E-state index is 13.3. The summed E-state index contributed by atoms with van der Waals surface area (Å²) in [5.41, 5.74) is 0.778. The lowest BCUT2D eigenvalue weighted by Gasteiger charge is -2.05. The SMILES string of the molecule is Cc1nn(C)cc1C(=O)/C=C/c1ccc(COc2cc(F)ccc2[N+](=O)[O-])o1. The van der Waals surface area contributed by atoms with Crippen LogP contribution < -0.4 is 4.74 Å². The third-order valence-corrected chi connectivity index (χ3v) is 3.85. The fourth-order valence-electron chi connectivity index (χ4n) is 2.55. The molecule has 0 saturated carbocycles. The summed E-state index contributed by atoms with van der Waals surface area (Å²) < 4.78 is 25.7. The van der Waals surface area contributed by atoms with Gasteiger partial charge in [0.15, 0.2) is 11.5 Å². The standard InChI is InChI=1S/C19H16FN3O5/c1-12-16(10-22(2)21-12)18(24)8-6-14-4-5-15(28-14)11-27-19-9-13(20)3-7-17(19)23(25)26/h3-10H,11H2,1-2H3/b8-6+. The highest BCUT2D eigenvalue weighted by Crippen LogP contribution is 2.28. The van der Waals surface area contributed by atoms with Crippen LogP contribution in [-0.2, 0) is 13.7 Å². The molecule has 8 nitrogen and oxygen atoms in total. The number of hydrogen-bond acceptors (Lipinski definition) is 6. The molecule has 0 amide bonds. The van der Waals surface area contributed by atoms with Crippen molar-refractivity contribution in [3.05, 3.63) is 81.3 Å². The van der Waals surface area contributed by atoms with E-state index in [0.717, 1.165) is 18.2 Å². The second-order valence-electron chi connectivity index (χ2n) is 5.96. The minimum Gasteiger partial charge on any atom is -0.479 e. The smallest absolute Gasteiger partial charge is 0.311 e. The van der Waals surface area contributed by atoms with Crippen molar-refractivity contribution < 1.29 is 23.3 Å². The van der Waals surface area contributed by atoms with Gasteiger partial charge in [0.25, 0.3) is 0 Å². The van der Waals surface area contributed by atoms with Crippen LogP contribution >= 0.6 is 0 Å². The van der Waals surface area contributed by atoms with Gasteiger partial charge in [0.2, 0.25) is 0 Å². The summed E-state index contributed by atoms with van der Waals surface area (Å²) in [6.45, 7) is 1.61. The molecule has 0 aliphatic rings. The molecular formula is C19H16FN3O5. The molecule has 0 fully saturated rings. The fraction of sp³-hybridized carbons (Fsp3) is 0.158. The Labute approximate surface area is 159 Å². The molecule has 0 N–H and O–H groups in total. The lowest BCUT2D eigenvalue weighted by atomic mass is 10.1. The predicted octanol–water partition coefficient (Wildman–Crippen LogP) is 3.84. The number of benzene rings is 1. The summed E-state index contributed by atoms with van der Waals surface area (Å²) in [4.78, 5) is 22.5. The van der Waals surface area contributed by atoms with E-state index >= 15 is 0 Å². The molecule has 0 bridgehead atoms. The molecule has 0 spiro atoms. The monoisotopic (exact) mass is 385 g/mol. The second kappa shape index (κ2) is 7.87. The van der Waals surface area contributed by atoms with E-state index in [-0.39, 0.29) is 23.8 Å². The van der Waals surface area contributed by atoms with Crippen molar-refractivity contribution in [3.63, 3.8) is 0 Å². The Balaban J connectivity index is 1.66. The number of carbonyl (C=O) groups is 1. The number of nitrogens with zero attached hydrogens (tertiary/aromatic N) is 3. The minimum atomic E-state index is -0.656. The van der Waals surface area contributed by atoms with E-state index in [1.54, 1.807) is 37.0 Å². The number of carbonyl (C=O) groups excluding carboxylic acids is 1. The highest BCUT2D eigenvalue weighted by molar-refractivity contribution is 6.07. The number of rotatable bonds is 7. The normalized spacial score (nSPS) is 11.1. The Morgan fingerprint density at radius 2 is 2.18 bits per heavy atom. The summed E-state index contributed by atoms with van der Waals surface area (Å²) in [6.07, 6.45) is 4.50. The molecule has 0 radical (unpaired) electrons. The average molecular weight is 385 g/mol. The number of aromatic nitrogens is 2. The number of allylic oxidation sites excluding steroid dienone is 1. The molecule has 9 heteroatoms. The first-order chi connectivity index (χ1) is 13.3. The summed E-state index contributed by atoms with van der Waals surface area (Å²) in [7, 11) is 1.73. The van der Waals surface area contributed by atoms with Crippen molar-refractivity contribution >= 4 is 17.5 Å². The van der Waals surface area contributed by atoms with Crippen LogP contribution in [0, 0.1) is 22.9 Å². The van der Waals surface area contributed by atoms with Crippen molar-refractivity contribution in [3.8, 4) is 5.75 Å². The first-order valence-corrected chi connectivity index (χ1v) is 8.21. The van der Waals surface area contributed by atoms with Gasteiger partial charge in [-0.3, -0.25) is 19.6 Å². The number of hydrogen-bond donors (Lipinski definition) is 0. The third kappa shape index (κ3) is 4.32. The molecule has 2 heterocycles. The van der Waals surface area contributed by atoms with Crippen LogP contribution in [0.3, 0.4) is 0 Å². The first kappa shape index (κ1) is 19.0. The Morgan fingerprint density at radius 3 is 2.86 bits per heavy atom. The van der Waals surface area contributed by atoms with E-state index in [4.69, 9.17) is 9.15 Å². The number of nitro groups is 1. The fourth-order valence-corrected chi connectivity index (χ4v) is 2.55. The number of ether oxygens (including phenoxy) is 1. The Hall–Kier alpha value is -3.75. The van der Waals surface area contributed by atoms with Gasteiger partial charge in [-0.2, -0.15) is 5.10 Å². The molecule has 144 valence electrons. The lowest BCUT2D eigenvalue weighted by molar-refractivity contribution is -0.386. The number of aryl methyl sites for hydroxylation is 2. The van der Waals surface area contributed by atoms with Crippen molar-refractivity contribution in [1.82, 2.24) is 9.78 Å². The molecular weight excluding hydrogens is 369 g/mol. The van der Waals surface area contributed by atoms with Crippen LogP contribution in [0.4, 0.5) is 10.1 Å².